The van der Waals surface area contributed by atoms with Gasteiger partial charge in [0.15, 0.2) is 0 Å². The molecule has 0 saturated heterocycles. The Morgan fingerprint density at radius 2 is 1.82 bits per heavy atom. The van der Waals surface area contributed by atoms with Gasteiger partial charge in [-0.25, -0.2) is 12.8 Å². The molecule has 0 fully saturated rings. The quantitative estimate of drug-likeness (QED) is 0.625. The molecule has 0 spiro atoms. The van der Waals surface area contributed by atoms with Gasteiger partial charge in [-0.2, -0.15) is 0 Å². The number of anilines is 1. The van der Waals surface area contributed by atoms with Crippen molar-refractivity contribution in [3.63, 3.8) is 0 Å². The van der Waals surface area contributed by atoms with E-state index in [-0.39, 0.29) is 22.8 Å². The summed E-state index contributed by atoms with van der Waals surface area (Å²) in [7, 11) is -3.92. The van der Waals surface area contributed by atoms with Crippen molar-refractivity contribution in [3.8, 4) is 0 Å². The summed E-state index contributed by atoms with van der Waals surface area (Å²) in [4.78, 5) is 9.91. The highest BCUT2D eigenvalue weighted by molar-refractivity contribution is 7.92. The van der Waals surface area contributed by atoms with E-state index in [1.54, 1.807) is 6.92 Å². The minimum atomic E-state index is -3.92. The number of sulfonamides is 1. The van der Waals surface area contributed by atoms with Crippen molar-refractivity contribution in [1.29, 1.82) is 0 Å². The standard InChI is InChI=1S/C14H13FN2O4S/c1-2-16(13-5-3-4-11(15)10-13)22(20,21)14-8-6-12(7-9-14)17(18)19/h3-10H,2H2,1H3. The number of hydrogen-bond acceptors (Lipinski definition) is 4. The Morgan fingerprint density at radius 3 is 2.32 bits per heavy atom. The van der Waals surface area contributed by atoms with Gasteiger partial charge in [-0.15, -0.1) is 0 Å². The Balaban J connectivity index is 2.44. The molecule has 8 heteroatoms. The first-order valence-corrected chi connectivity index (χ1v) is 7.83. The highest BCUT2D eigenvalue weighted by Crippen LogP contribution is 2.25. The van der Waals surface area contributed by atoms with Crippen LogP contribution in [0, 0.1) is 15.9 Å². The van der Waals surface area contributed by atoms with Crippen LogP contribution < -0.4 is 4.31 Å². The first-order valence-electron chi connectivity index (χ1n) is 6.39. The highest BCUT2D eigenvalue weighted by Gasteiger charge is 2.24. The number of nitro benzene ring substituents is 1. The van der Waals surface area contributed by atoms with Crippen molar-refractivity contribution >= 4 is 21.4 Å². The van der Waals surface area contributed by atoms with Crippen LogP contribution in [0.15, 0.2) is 53.4 Å². The largest absolute Gasteiger partial charge is 0.269 e. The van der Waals surface area contributed by atoms with Crippen molar-refractivity contribution in [2.45, 2.75) is 11.8 Å². The molecule has 6 nitrogen and oxygen atoms in total. The second-order valence-electron chi connectivity index (χ2n) is 4.40. The van der Waals surface area contributed by atoms with E-state index in [4.69, 9.17) is 0 Å². The van der Waals surface area contributed by atoms with Gasteiger partial charge in [0, 0.05) is 18.7 Å². The Labute approximate surface area is 127 Å². The molecule has 0 aliphatic rings. The van der Waals surface area contributed by atoms with Gasteiger partial charge in [-0.1, -0.05) is 6.07 Å². The Bertz CT molecular complexity index is 791. The number of hydrogen-bond donors (Lipinski definition) is 0. The van der Waals surface area contributed by atoms with Crippen LogP contribution in [0.25, 0.3) is 0 Å². The zero-order valence-corrected chi connectivity index (χ0v) is 12.5. The van der Waals surface area contributed by atoms with E-state index in [9.17, 15) is 22.9 Å². The van der Waals surface area contributed by atoms with Crippen LogP contribution in [-0.4, -0.2) is 19.9 Å². The summed E-state index contributed by atoms with van der Waals surface area (Å²) in [6.45, 7) is 1.72. The van der Waals surface area contributed by atoms with Gasteiger partial charge in [-0.05, 0) is 37.3 Å². The van der Waals surface area contributed by atoms with Gasteiger partial charge in [0.25, 0.3) is 15.7 Å². The van der Waals surface area contributed by atoms with Crippen LogP contribution in [-0.2, 0) is 10.0 Å². The predicted octanol–water partition coefficient (Wildman–Crippen LogP) is 2.95. The number of nitrogens with zero attached hydrogens (tertiary/aromatic N) is 2. The fourth-order valence-electron chi connectivity index (χ4n) is 1.99. The van der Waals surface area contributed by atoms with Gasteiger partial charge in [0.05, 0.1) is 15.5 Å². The molecule has 0 atom stereocenters. The molecular weight excluding hydrogens is 311 g/mol. The fraction of sp³-hybridized carbons (Fsp3) is 0.143. The lowest BCUT2D eigenvalue weighted by molar-refractivity contribution is -0.384. The second-order valence-corrected chi connectivity index (χ2v) is 6.26. The lowest BCUT2D eigenvalue weighted by atomic mass is 10.3. The number of non-ortho nitro benzene ring substituents is 1. The maximum Gasteiger partial charge on any atom is 0.269 e. The molecule has 0 radical (unpaired) electrons. The summed E-state index contributed by atoms with van der Waals surface area (Å²) in [6.07, 6.45) is 0. The van der Waals surface area contributed by atoms with Crippen LogP contribution in [0.5, 0.6) is 0 Å². The SMILES string of the molecule is CCN(c1cccc(F)c1)S(=O)(=O)c1ccc([N+](=O)[O-])cc1. The maximum atomic E-state index is 13.3. The van der Waals surface area contributed by atoms with Crippen LogP contribution >= 0.6 is 0 Å². The average Bonchev–Trinajstić information content (AvgIpc) is 2.48. The summed E-state index contributed by atoms with van der Waals surface area (Å²) in [5, 5.41) is 10.6. The zero-order valence-electron chi connectivity index (χ0n) is 11.6. The number of rotatable bonds is 5. The second kappa shape index (κ2) is 6.10. The molecule has 0 bridgehead atoms. The summed E-state index contributed by atoms with van der Waals surface area (Å²) in [6, 6.07) is 9.79. The molecule has 2 aromatic rings. The third-order valence-corrected chi connectivity index (χ3v) is 4.94. The summed E-state index contributed by atoms with van der Waals surface area (Å²) < 4.78 is 39.5. The molecule has 0 aromatic heterocycles. The summed E-state index contributed by atoms with van der Waals surface area (Å²) in [5.74, 6) is -0.546. The van der Waals surface area contributed by atoms with E-state index in [1.165, 1.54) is 18.2 Å². The molecule has 0 heterocycles. The Kier molecular flexibility index (Phi) is 4.41. The van der Waals surface area contributed by atoms with Crippen molar-refractivity contribution < 1.29 is 17.7 Å². The number of benzene rings is 2. The van der Waals surface area contributed by atoms with Gasteiger partial charge >= 0.3 is 0 Å². The molecule has 0 amide bonds. The third-order valence-electron chi connectivity index (χ3n) is 3.02. The Hall–Kier alpha value is -2.48. The molecule has 0 N–H and O–H groups in total. The smallest absolute Gasteiger partial charge is 0.267 e. The predicted molar refractivity (Wildman–Crippen MR) is 79.7 cm³/mol. The van der Waals surface area contributed by atoms with E-state index >= 15 is 0 Å². The van der Waals surface area contributed by atoms with Gasteiger partial charge in [0.2, 0.25) is 0 Å². The van der Waals surface area contributed by atoms with Gasteiger partial charge in [-0.3, -0.25) is 14.4 Å². The van der Waals surface area contributed by atoms with E-state index < -0.39 is 20.8 Å². The topological polar surface area (TPSA) is 80.5 Å². The molecular formula is C14H13FN2O4S. The minimum absolute atomic E-state index is 0.0933. The summed E-state index contributed by atoms with van der Waals surface area (Å²) in [5.41, 5.74) is -0.00592. The van der Waals surface area contributed by atoms with Crippen LogP contribution in [0.2, 0.25) is 0 Å². The minimum Gasteiger partial charge on any atom is -0.267 e. The zero-order chi connectivity index (χ0) is 16.3. The lowest BCUT2D eigenvalue weighted by Gasteiger charge is -2.22. The molecule has 2 aromatic carbocycles. The van der Waals surface area contributed by atoms with Crippen molar-refractivity contribution in [2.24, 2.45) is 0 Å². The normalized spacial score (nSPS) is 11.2. The van der Waals surface area contributed by atoms with Crippen molar-refractivity contribution in [2.75, 3.05) is 10.8 Å². The summed E-state index contributed by atoms with van der Waals surface area (Å²) >= 11 is 0. The Morgan fingerprint density at radius 1 is 1.18 bits per heavy atom. The van der Waals surface area contributed by atoms with Crippen LogP contribution in [0.1, 0.15) is 6.92 Å². The lowest BCUT2D eigenvalue weighted by Crippen LogP contribution is -2.30. The molecule has 22 heavy (non-hydrogen) atoms. The van der Waals surface area contributed by atoms with E-state index in [0.29, 0.717) is 0 Å². The molecule has 0 aliphatic carbocycles. The third kappa shape index (κ3) is 3.06. The monoisotopic (exact) mass is 324 g/mol. The van der Waals surface area contributed by atoms with E-state index in [0.717, 1.165) is 34.6 Å². The molecule has 2 rings (SSSR count). The maximum absolute atomic E-state index is 13.3. The van der Waals surface area contributed by atoms with Crippen LogP contribution in [0.3, 0.4) is 0 Å². The molecule has 116 valence electrons. The van der Waals surface area contributed by atoms with E-state index in [1.807, 2.05) is 0 Å². The number of halogens is 1. The first kappa shape index (κ1) is 15.9. The first-order chi connectivity index (χ1) is 10.4. The van der Waals surface area contributed by atoms with Gasteiger partial charge in [0.1, 0.15) is 5.82 Å². The van der Waals surface area contributed by atoms with Gasteiger partial charge < -0.3 is 0 Å². The van der Waals surface area contributed by atoms with Crippen LogP contribution in [0.4, 0.5) is 15.8 Å². The molecule has 0 saturated carbocycles. The van der Waals surface area contributed by atoms with E-state index in [2.05, 4.69) is 0 Å². The number of nitro groups is 1. The van der Waals surface area contributed by atoms with Crippen molar-refractivity contribution in [1.82, 2.24) is 0 Å². The molecule has 0 unspecified atom stereocenters. The van der Waals surface area contributed by atoms with Crippen molar-refractivity contribution in [3.05, 3.63) is 64.5 Å². The highest BCUT2D eigenvalue weighted by atomic mass is 32.2. The molecule has 0 aliphatic heterocycles. The fourth-order valence-corrected chi connectivity index (χ4v) is 3.46. The average molecular weight is 324 g/mol.